The van der Waals surface area contributed by atoms with Crippen molar-refractivity contribution in [2.45, 2.75) is 31.1 Å². The fraction of sp³-hybridized carbons (Fsp3) is 0.250. The van der Waals surface area contributed by atoms with Crippen LogP contribution in [-0.2, 0) is 24.6 Å². The maximum Gasteiger partial charge on any atom is 0.488 e. The lowest BCUT2D eigenvalue weighted by molar-refractivity contribution is -0.138. The molecule has 6 atom stereocenters. The molecule has 8 rings (SSSR count). The predicted molar refractivity (Wildman–Crippen MR) is 192 cm³/mol. The molecule has 52 heavy (non-hydrogen) atoms. The van der Waals surface area contributed by atoms with Crippen molar-refractivity contribution in [2.24, 2.45) is 23.7 Å². The average Bonchev–Trinajstić information content (AvgIpc) is 3.53. The van der Waals surface area contributed by atoms with Gasteiger partial charge in [-0.05, 0) is 67.0 Å². The second-order valence-electron chi connectivity index (χ2n) is 14.0. The van der Waals surface area contributed by atoms with E-state index in [9.17, 15) is 29.5 Å². The highest BCUT2D eigenvalue weighted by Gasteiger charge is 2.70. The number of phenols is 1. The summed E-state index contributed by atoms with van der Waals surface area (Å²) in [5.41, 5.74) is 5.10. The van der Waals surface area contributed by atoms with Crippen LogP contribution in [0.3, 0.4) is 0 Å². The molecular weight excluding hydrogens is 661 g/mol. The number of aromatic hydroxyl groups is 1. The molecule has 4 aromatic rings. The van der Waals surface area contributed by atoms with Gasteiger partial charge in [-0.25, -0.2) is 0 Å². The first-order chi connectivity index (χ1) is 25.1. The summed E-state index contributed by atoms with van der Waals surface area (Å²) in [5.74, 6) is -5.75. The van der Waals surface area contributed by atoms with Gasteiger partial charge in [-0.3, -0.25) is 29.5 Å². The van der Waals surface area contributed by atoms with Gasteiger partial charge in [0.15, 0.2) is 0 Å². The zero-order valence-electron chi connectivity index (χ0n) is 28.5. The number of ether oxygens (including phenoxy) is 1. The third-order valence-corrected chi connectivity index (χ3v) is 11.4. The number of nitrogens with zero attached hydrogens (tertiary/aromatic N) is 2. The third kappa shape index (κ3) is 4.89. The van der Waals surface area contributed by atoms with Gasteiger partial charge in [0, 0.05) is 17.5 Å². The van der Waals surface area contributed by atoms with E-state index in [1.807, 2.05) is 55.5 Å². The van der Waals surface area contributed by atoms with Crippen LogP contribution in [0.5, 0.6) is 11.5 Å². The van der Waals surface area contributed by atoms with Gasteiger partial charge in [0.2, 0.25) is 11.8 Å². The molecule has 262 valence electrons. The maximum absolute atomic E-state index is 15.2. The average molecular weight is 698 g/mol. The van der Waals surface area contributed by atoms with Crippen LogP contribution in [0.15, 0.2) is 109 Å². The monoisotopic (exact) mass is 697 g/mol. The first kappa shape index (κ1) is 33.4. The van der Waals surface area contributed by atoms with Gasteiger partial charge in [0.1, 0.15) is 11.5 Å². The Morgan fingerprint density at radius 2 is 1.60 bits per heavy atom. The van der Waals surface area contributed by atoms with E-state index >= 15 is 4.79 Å². The van der Waals surface area contributed by atoms with E-state index in [1.165, 1.54) is 25.3 Å². The van der Waals surface area contributed by atoms with Crippen molar-refractivity contribution >= 4 is 47.6 Å². The van der Waals surface area contributed by atoms with E-state index in [2.05, 4.69) is 5.43 Å². The predicted octanol–water partition coefficient (Wildman–Crippen LogP) is 3.58. The van der Waals surface area contributed by atoms with Gasteiger partial charge < -0.3 is 19.9 Å². The van der Waals surface area contributed by atoms with E-state index in [0.29, 0.717) is 28.1 Å². The van der Waals surface area contributed by atoms with Crippen LogP contribution >= 0.6 is 0 Å². The number of benzene rings is 4. The number of carbonyl (C=O) groups excluding carboxylic acids is 4. The summed E-state index contributed by atoms with van der Waals surface area (Å²) in [5, 5.41) is 32.4. The molecule has 11 nitrogen and oxygen atoms in total. The first-order valence-corrected chi connectivity index (χ1v) is 17.2. The standard InChI is InChI=1S/C40H36BN3O8/c1-22-11-13-25(14-12-22)42-44-37(47)32-21-31-28(17-18-30-34(31)38(48)43(36(30)46)26-10-6-9-24(19-26)41(50)51)35(29-16-15-27(52-2)20-33(29)45)40(32,39(44)49)23-7-4-3-5-8-23/h3-17,19-20,30-32,34-35,42,45,50-51H,18,21H2,1-2H3. The molecule has 4 amide bonds. The fourth-order valence-corrected chi connectivity index (χ4v) is 9.07. The van der Waals surface area contributed by atoms with Crippen LogP contribution in [0, 0.1) is 30.6 Å². The van der Waals surface area contributed by atoms with Crippen molar-refractivity contribution in [3.8, 4) is 11.5 Å². The largest absolute Gasteiger partial charge is 0.508 e. The Labute approximate surface area is 300 Å². The Balaban J connectivity index is 1.31. The molecule has 12 heteroatoms. The Bertz CT molecular complexity index is 2160. The molecule has 0 aromatic heterocycles. The SMILES string of the molecule is COc1ccc(C2C3=CCC4C(=O)N(c5cccc(B(O)O)c5)C(=O)C4C3CC3C(=O)N(Nc4ccc(C)cc4)C(=O)C32c2ccccc2)c(O)c1. The molecule has 2 heterocycles. The number of nitrogens with one attached hydrogen (secondary N) is 1. The number of amides is 4. The second-order valence-corrected chi connectivity index (χ2v) is 14.0. The number of carbonyl (C=O) groups is 4. The Hall–Kier alpha value is -5.72. The fourth-order valence-electron chi connectivity index (χ4n) is 9.07. The number of rotatable bonds is 7. The summed E-state index contributed by atoms with van der Waals surface area (Å²) >= 11 is 0. The minimum absolute atomic E-state index is 0.0915. The summed E-state index contributed by atoms with van der Waals surface area (Å²) in [6.07, 6.45) is 2.20. The summed E-state index contributed by atoms with van der Waals surface area (Å²) in [6, 6.07) is 27.3. The summed E-state index contributed by atoms with van der Waals surface area (Å²) in [4.78, 5) is 59.7. The molecule has 1 saturated carbocycles. The quantitative estimate of drug-likeness (QED) is 0.129. The van der Waals surface area contributed by atoms with Crippen LogP contribution < -0.4 is 20.5 Å². The van der Waals surface area contributed by atoms with Crippen molar-refractivity contribution in [1.82, 2.24) is 5.01 Å². The molecule has 2 aliphatic heterocycles. The number of anilines is 2. The number of aryl methyl sites for hydroxylation is 1. The van der Waals surface area contributed by atoms with Gasteiger partial charge in [-0.2, -0.15) is 5.01 Å². The molecule has 4 aliphatic rings. The normalized spacial score (nSPS) is 26.5. The molecule has 3 fully saturated rings. The topological polar surface area (TPSA) is 157 Å². The van der Waals surface area contributed by atoms with Crippen molar-refractivity contribution < 1.29 is 39.1 Å². The molecule has 6 unspecified atom stereocenters. The molecule has 4 N–H and O–H groups in total. The minimum Gasteiger partial charge on any atom is -0.508 e. The van der Waals surface area contributed by atoms with E-state index in [0.717, 1.165) is 15.5 Å². The molecule has 2 aliphatic carbocycles. The van der Waals surface area contributed by atoms with Gasteiger partial charge >= 0.3 is 7.12 Å². The summed E-state index contributed by atoms with van der Waals surface area (Å²) < 4.78 is 5.40. The van der Waals surface area contributed by atoms with E-state index in [-0.39, 0.29) is 29.7 Å². The highest BCUT2D eigenvalue weighted by atomic mass is 16.5. The van der Waals surface area contributed by atoms with Crippen LogP contribution in [0.4, 0.5) is 11.4 Å². The lowest BCUT2D eigenvalue weighted by Gasteiger charge is -2.50. The molecule has 2 saturated heterocycles. The van der Waals surface area contributed by atoms with Gasteiger partial charge in [0.05, 0.1) is 41.7 Å². The number of fused-ring (bicyclic) bond motifs is 4. The van der Waals surface area contributed by atoms with Crippen LogP contribution in [0.1, 0.15) is 35.4 Å². The summed E-state index contributed by atoms with van der Waals surface area (Å²) in [7, 11) is -0.316. The number of phenolic OH excluding ortho intramolecular Hbond substituents is 1. The van der Waals surface area contributed by atoms with E-state index in [4.69, 9.17) is 4.74 Å². The number of methoxy groups -OCH3 is 1. The molecule has 0 bridgehead atoms. The summed E-state index contributed by atoms with van der Waals surface area (Å²) in [6.45, 7) is 1.94. The minimum atomic E-state index is -1.80. The second kappa shape index (κ2) is 12.5. The van der Waals surface area contributed by atoms with Crippen LogP contribution in [0.2, 0.25) is 0 Å². The van der Waals surface area contributed by atoms with Gasteiger partial charge in [0.25, 0.3) is 11.8 Å². The van der Waals surface area contributed by atoms with E-state index < -0.39 is 65.8 Å². The Morgan fingerprint density at radius 3 is 2.29 bits per heavy atom. The van der Waals surface area contributed by atoms with Crippen molar-refractivity contribution in [3.05, 3.63) is 125 Å². The zero-order chi connectivity index (χ0) is 36.5. The van der Waals surface area contributed by atoms with Crippen LogP contribution in [-0.4, -0.2) is 58.0 Å². The van der Waals surface area contributed by atoms with E-state index in [1.54, 1.807) is 36.4 Å². The molecule has 4 aromatic carbocycles. The van der Waals surface area contributed by atoms with Gasteiger partial charge in [-0.15, -0.1) is 0 Å². The van der Waals surface area contributed by atoms with Crippen molar-refractivity contribution in [1.29, 1.82) is 0 Å². The maximum atomic E-state index is 15.2. The Morgan fingerprint density at radius 1 is 0.846 bits per heavy atom. The number of hydrazine groups is 1. The number of imide groups is 2. The highest BCUT2D eigenvalue weighted by Crippen LogP contribution is 2.65. The number of hydrogen-bond acceptors (Lipinski definition) is 9. The third-order valence-electron chi connectivity index (χ3n) is 11.4. The highest BCUT2D eigenvalue weighted by molar-refractivity contribution is 6.58. The molecule has 0 spiro atoms. The first-order valence-electron chi connectivity index (χ1n) is 17.2. The van der Waals surface area contributed by atoms with Crippen LogP contribution in [0.25, 0.3) is 0 Å². The Kier molecular flexibility index (Phi) is 8.04. The smallest absolute Gasteiger partial charge is 0.488 e. The lowest BCUT2D eigenvalue weighted by Crippen LogP contribution is -2.53. The van der Waals surface area contributed by atoms with Crippen molar-refractivity contribution in [3.63, 3.8) is 0 Å². The van der Waals surface area contributed by atoms with Crippen molar-refractivity contribution in [2.75, 3.05) is 17.4 Å². The number of hydrogen-bond donors (Lipinski definition) is 4. The van der Waals surface area contributed by atoms with Gasteiger partial charge in [-0.1, -0.05) is 77.9 Å². The molecule has 0 radical (unpaired) electrons. The molecular formula is C40H36BN3O8. The lowest BCUT2D eigenvalue weighted by atomic mass is 9.49. The number of allylic oxidation sites excluding steroid dienone is 2. The zero-order valence-corrected chi connectivity index (χ0v) is 28.5.